The summed E-state index contributed by atoms with van der Waals surface area (Å²) in [5.41, 5.74) is 3.26. The first-order valence-corrected chi connectivity index (χ1v) is 6.02. The fourth-order valence-electron chi connectivity index (χ4n) is 1.96. The standard InChI is InChI=1S/C14H14N2O3/c1-10-6-5-9-14(11(10)2)18-16-13-8-4-3-7-12(13)15(17)19-16/h3-9,15H,1-2H3. The first kappa shape index (κ1) is 12.0. The van der Waals surface area contributed by atoms with Gasteiger partial charge in [-0.15, -0.1) is 0 Å². The van der Waals surface area contributed by atoms with Gasteiger partial charge in [-0.25, -0.2) is 0 Å². The lowest BCUT2D eigenvalue weighted by Crippen LogP contribution is -3.00. The quantitative estimate of drug-likeness (QED) is 0.837. The van der Waals surface area contributed by atoms with Crippen LogP contribution in [0.3, 0.4) is 0 Å². The molecule has 19 heavy (non-hydrogen) atoms. The summed E-state index contributed by atoms with van der Waals surface area (Å²) < 4.78 is 0. The lowest BCUT2D eigenvalue weighted by molar-refractivity contribution is -0.995. The van der Waals surface area contributed by atoms with Gasteiger partial charge >= 0.3 is 0 Å². The Bertz CT molecular complexity index is 615. The van der Waals surface area contributed by atoms with E-state index >= 15 is 0 Å². The summed E-state index contributed by atoms with van der Waals surface area (Å²) in [4.78, 5) is 10.8. The minimum Gasteiger partial charge on any atom is -0.593 e. The van der Waals surface area contributed by atoms with Crippen molar-refractivity contribution >= 4 is 11.4 Å². The molecule has 0 radical (unpaired) electrons. The van der Waals surface area contributed by atoms with Crippen molar-refractivity contribution in [2.24, 2.45) is 0 Å². The van der Waals surface area contributed by atoms with Gasteiger partial charge in [0, 0.05) is 6.07 Å². The third-order valence-corrected chi connectivity index (χ3v) is 3.22. The van der Waals surface area contributed by atoms with Gasteiger partial charge in [-0.3, -0.25) is 0 Å². The minimum absolute atomic E-state index is 0.402. The highest BCUT2D eigenvalue weighted by atomic mass is 17.1. The number of benzene rings is 2. The van der Waals surface area contributed by atoms with Gasteiger partial charge in [0.1, 0.15) is 0 Å². The smallest absolute Gasteiger partial charge is 0.196 e. The maximum atomic E-state index is 11.7. The molecular formula is C14H14N2O3. The van der Waals surface area contributed by atoms with Crippen LogP contribution in [0.5, 0.6) is 5.75 Å². The van der Waals surface area contributed by atoms with Crippen LogP contribution in [0.15, 0.2) is 42.5 Å². The number of nitrogens with one attached hydrogen (secondary N) is 1. The summed E-state index contributed by atoms with van der Waals surface area (Å²) in [6, 6.07) is 12.9. The van der Waals surface area contributed by atoms with Gasteiger partial charge in [0.2, 0.25) is 0 Å². The van der Waals surface area contributed by atoms with Crippen molar-refractivity contribution in [3.05, 3.63) is 58.8 Å². The molecule has 0 aliphatic carbocycles. The normalized spacial score (nSPS) is 17.4. The maximum Gasteiger partial charge on any atom is 0.196 e. The van der Waals surface area contributed by atoms with Crippen LogP contribution < -0.4 is 15.3 Å². The number of hydrogen-bond acceptors (Lipinski definition) is 4. The van der Waals surface area contributed by atoms with Crippen LogP contribution in [0.4, 0.5) is 11.4 Å². The maximum absolute atomic E-state index is 11.7. The van der Waals surface area contributed by atoms with E-state index < -0.39 is 5.23 Å². The Morgan fingerprint density at radius 2 is 1.89 bits per heavy atom. The predicted octanol–water partition coefficient (Wildman–Crippen LogP) is 1.98. The monoisotopic (exact) mass is 258 g/mol. The molecule has 1 heterocycles. The molecule has 0 saturated heterocycles. The molecule has 1 N–H and O–H groups in total. The van der Waals surface area contributed by atoms with E-state index in [0.717, 1.165) is 11.1 Å². The number of fused-ring (bicyclic) bond motifs is 1. The van der Waals surface area contributed by atoms with Crippen molar-refractivity contribution in [3.63, 3.8) is 0 Å². The summed E-state index contributed by atoms with van der Waals surface area (Å²) in [7, 11) is 0. The summed E-state index contributed by atoms with van der Waals surface area (Å²) in [5, 5.41) is 12.4. The largest absolute Gasteiger partial charge is 0.593 e. The number of anilines is 1. The molecule has 0 fully saturated rings. The summed E-state index contributed by atoms with van der Waals surface area (Å²) >= 11 is 0. The number of aryl methyl sites for hydroxylation is 1. The zero-order valence-electron chi connectivity index (χ0n) is 10.7. The van der Waals surface area contributed by atoms with Crippen molar-refractivity contribution in [1.82, 2.24) is 0 Å². The van der Waals surface area contributed by atoms with Gasteiger partial charge in [-0.2, -0.15) is 5.23 Å². The molecule has 0 bridgehead atoms. The van der Waals surface area contributed by atoms with E-state index in [2.05, 4.69) is 0 Å². The molecule has 2 aromatic carbocycles. The molecule has 5 nitrogen and oxygen atoms in total. The molecule has 1 atom stereocenters. The van der Waals surface area contributed by atoms with Gasteiger partial charge in [0.15, 0.2) is 17.1 Å². The van der Waals surface area contributed by atoms with Crippen molar-refractivity contribution < 1.29 is 15.0 Å². The second-order valence-electron chi connectivity index (χ2n) is 4.44. The van der Waals surface area contributed by atoms with Crippen LogP contribution in [0, 0.1) is 19.1 Å². The predicted molar refractivity (Wildman–Crippen MR) is 70.5 cm³/mol. The molecule has 0 saturated carbocycles. The van der Waals surface area contributed by atoms with E-state index in [9.17, 15) is 5.21 Å². The Kier molecular flexibility index (Phi) is 2.87. The number of rotatable bonds is 2. The lowest BCUT2D eigenvalue weighted by atomic mass is 10.1. The van der Waals surface area contributed by atoms with Gasteiger partial charge in [-0.1, -0.05) is 24.3 Å². The van der Waals surface area contributed by atoms with Gasteiger partial charge in [0.25, 0.3) is 0 Å². The Morgan fingerprint density at radius 1 is 1.11 bits per heavy atom. The minimum atomic E-state index is -0.402. The average Bonchev–Trinajstić information content (AvgIpc) is 2.73. The van der Waals surface area contributed by atoms with Gasteiger partial charge in [0.05, 0.1) is 0 Å². The molecule has 1 unspecified atom stereocenters. The van der Waals surface area contributed by atoms with Crippen molar-refractivity contribution in [3.8, 4) is 5.75 Å². The fraction of sp³-hybridized carbons (Fsp3) is 0.143. The van der Waals surface area contributed by atoms with E-state index in [1.54, 1.807) is 18.2 Å². The van der Waals surface area contributed by atoms with Crippen LogP contribution in [0.25, 0.3) is 0 Å². The van der Waals surface area contributed by atoms with Crippen molar-refractivity contribution in [2.75, 3.05) is 5.23 Å². The number of para-hydroxylation sites is 1. The molecule has 1 aliphatic heterocycles. The van der Waals surface area contributed by atoms with Gasteiger partial charge < -0.3 is 10.0 Å². The van der Waals surface area contributed by atoms with Crippen LogP contribution in [0.2, 0.25) is 0 Å². The fourth-order valence-corrected chi connectivity index (χ4v) is 1.96. The molecular weight excluding hydrogens is 244 g/mol. The average molecular weight is 258 g/mol. The Balaban J connectivity index is 1.91. The number of nitrogens with zero attached hydrogens (tertiary/aromatic N) is 1. The van der Waals surface area contributed by atoms with Crippen LogP contribution in [-0.2, 0) is 4.94 Å². The third-order valence-electron chi connectivity index (χ3n) is 3.22. The highest BCUT2D eigenvalue weighted by molar-refractivity contribution is 5.61. The first-order chi connectivity index (χ1) is 9.16. The molecule has 2 aromatic rings. The second-order valence-corrected chi connectivity index (χ2v) is 4.44. The topological polar surface area (TPSA) is 49.2 Å². The Morgan fingerprint density at radius 3 is 2.74 bits per heavy atom. The van der Waals surface area contributed by atoms with E-state index in [1.165, 1.54) is 5.23 Å². The highest BCUT2D eigenvalue weighted by Crippen LogP contribution is 2.29. The van der Waals surface area contributed by atoms with Gasteiger partial charge in [-0.05, 0) is 47.3 Å². The molecule has 3 rings (SSSR count). The zero-order valence-corrected chi connectivity index (χ0v) is 10.7. The van der Waals surface area contributed by atoms with Crippen LogP contribution in [0.1, 0.15) is 11.1 Å². The van der Waals surface area contributed by atoms with E-state index in [4.69, 9.17) is 9.78 Å². The molecule has 1 aliphatic rings. The molecule has 98 valence electrons. The molecule has 0 amide bonds. The SMILES string of the molecule is Cc1cccc(ON2O[NH+]([O-])c3ccccc32)c1C. The lowest BCUT2D eigenvalue weighted by Gasteiger charge is -2.17. The summed E-state index contributed by atoms with van der Waals surface area (Å²) in [6.45, 7) is 3.97. The summed E-state index contributed by atoms with van der Waals surface area (Å²) in [5.74, 6) is 0.671. The third kappa shape index (κ3) is 2.04. The van der Waals surface area contributed by atoms with E-state index in [0.29, 0.717) is 17.1 Å². The molecule has 0 spiro atoms. The zero-order chi connectivity index (χ0) is 13.4. The van der Waals surface area contributed by atoms with Crippen LogP contribution in [-0.4, -0.2) is 0 Å². The van der Waals surface area contributed by atoms with Crippen molar-refractivity contribution in [1.29, 1.82) is 0 Å². The van der Waals surface area contributed by atoms with Crippen LogP contribution >= 0.6 is 0 Å². The second kappa shape index (κ2) is 4.55. The summed E-state index contributed by atoms with van der Waals surface area (Å²) in [6.07, 6.45) is 0. The Hall–Kier alpha value is -2.08. The number of quaternary nitrogens is 1. The number of hydrogen-bond donors (Lipinski definition) is 1. The molecule has 5 heteroatoms. The van der Waals surface area contributed by atoms with Crippen molar-refractivity contribution in [2.45, 2.75) is 13.8 Å². The molecule has 0 aromatic heterocycles. The van der Waals surface area contributed by atoms with E-state index in [1.807, 2.05) is 38.1 Å². The van der Waals surface area contributed by atoms with E-state index in [-0.39, 0.29) is 0 Å². The first-order valence-electron chi connectivity index (χ1n) is 6.02. The highest BCUT2D eigenvalue weighted by Gasteiger charge is 2.30. The Labute approximate surface area is 111 Å².